The van der Waals surface area contributed by atoms with Gasteiger partial charge in [0.15, 0.2) is 5.01 Å². The van der Waals surface area contributed by atoms with Gasteiger partial charge in [-0.25, -0.2) is 9.78 Å². The fourth-order valence-corrected chi connectivity index (χ4v) is 6.85. The van der Waals surface area contributed by atoms with E-state index in [0.717, 1.165) is 46.7 Å². The first-order valence-corrected chi connectivity index (χ1v) is 16.9. The van der Waals surface area contributed by atoms with Gasteiger partial charge in [-0.3, -0.25) is 14.4 Å². The fraction of sp³-hybridized carbons (Fsp3) is 0.270. The zero-order valence-electron chi connectivity index (χ0n) is 26.8. The molecular weight excluding hydrogens is 669 g/mol. The fourth-order valence-electron chi connectivity index (χ4n) is 5.87. The summed E-state index contributed by atoms with van der Waals surface area (Å²) in [6.45, 7) is 0.393. The number of rotatable bonds is 9. The van der Waals surface area contributed by atoms with Gasteiger partial charge in [0.2, 0.25) is 11.7 Å². The van der Waals surface area contributed by atoms with Crippen molar-refractivity contribution in [2.45, 2.75) is 57.3 Å². The lowest BCUT2D eigenvalue weighted by molar-refractivity contribution is -0.192. The van der Waals surface area contributed by atoms with Crippen LogP contribution in [0.2, 0.25) is 0 Å². The standard InChI is InChI=1S/C35H34N4O3S.C2HF3O2/c36-21-23-13-15-25(16-14-23)32(39-31(40)19-22-7-2-1-3-8-22)33(41)35-38-29-18-17-26(20-30(29)43-35)37-34(42)28-12-6-10-24-9-4-5-11-27(24)28;3-2(4,5)1(6)7/h4-6,9-18,20,22,32H,1-3,7-8,19,21,36H2,(H,37,42)(H,39,40);(H,6,7). The molecule has 6 rings (SSSR count). The normalized spacial score (nSPS) is 14.0. The highest BCUT2D eigenvalue weighted by Crippen LogP contribution is 2.31. The molecule has 9 nitrogen and oxygen atoms in total. The summed E-state index contributed by atoms with van der Waals surface area (Å²) in [4.78, 5) is 53.7. The maximum Gasteiger partial charge on any atom is 0.490 e. The third-order valence-electron chi connectivity index (χ3n) is 8.45. The topological polar surface area (TPSA) is 151 Å². The monoisotopic (exact) mass is 704 g/mol. The van der Waals surface area contributed by atoms with E-state index in [9.17, 15) is 27.6 Å². The molecule has 1 aliphatic carbocycles. The first-order chi connectivity index (χ1) is 23.9. The van der Waals surface area contributed by atoms with Crippen LogP contribution in [-0.4, -0.2) is 39.8 Å². The molecule has 5 N–H and O–H groups in total. The van der Waals surface area contributed by atoms with E-state index < -0.39 is 18.2 Å². The first kappa shape index (κ1) is 36.1. The molecule has 1 heterocycles. The van der Waals surface area contributed by atoms with Gasteiger partial charge in [-0.05, 0) is 64.9 Å². The van der Waals surface area contributed by atoms with Gasteiger partial charge < -0.3 is 21.5 Å². The highest BCUT2D eigenvalue weighted by Gasteiger charge is 2.38. The van der Waals surface area contributed by atoms with Crippen molar-refractivity contribution in [3.8, 4) is 0 Å². The molecule has 0 spiro atoms. The number of carboxylic acids is 1. The SMILES string of the molecule is NCc1ccc(C(NC(=O)CC2CCCCC2)C(=O)c2nc3ccc(NC(=O)c4cccc5ccccc45)cc3s2)cc1.O=C(O)C(F)(F)F. The number of fused-ring (bicyclic) bond motifs is 2. The van der Waals surface area contributed by atoms with E-state index in [1.807, 2.05) is 72.8 Å². The summed E-state index contributed by atoms with van der Waals surface area (Å²) >= 11 is 1.26. The molecule has 1 fully saturated rings. The third-order valence-corrected chi connectivity index (χ3v) is 9.48. The number of hydrogen-bond donors (Lipinski definition) is 4. The number of benzene rings is 4. The van der Waals surface area contributed by atoms with Crippen molar-refractivity contribution < 1.29 is 37.5 Å². The number of carbonyl (C=O) groups is 4. The molecule has 0 bridgehead atoms. The summed E-state index contributed by atoms with van der Waals surface area (Å²) in [5, 5.41) is 15.3. The van der Waals surface area contributed by atoms with E-state index in [2.05, 4.69) is 15.6 Å². The van der Waals surface area contributed by atoms with E-state index in [1.165, 1.54) is 17.8 Å². The van der Waals surface area contributed by atoms with Gasteiger partial charge in [-0.2, -0.15) is 13.2 Å². The number of anilines is 1. The number of ketones is 1. The van der Waals surface area contributed by atoms with Gasteiger partial charge in [0.25, 0.3) is 5.91 Å². The van der Waals surface area contributed by atoms with Crippen LogP contribution in [0.25, 0.3) is 21.0 Å². The average Bonchev–Trinajstić information content (AvgIpc) is 3.54. The zero-order valence-corrected chi connectivity index (χ0v) is 27.7. The van der Waals surface area contributed by atoms with Crippen LogP contribution in [-0.2, 0) is 16.1 Å². The second-order valence-corrected chi connectivity index (χ2v) is 13.0. The van der Waals surface area contributed by atoms with Crippen LogP contribution in [0.1, 0.15) is 75.9 Å². The molecule has 50 heavy (non-hydrogen) atoms. The van der Waals surface area contributed by atoms with Crippen molar-refractivity contribution in [3.05, 3.63) is 107 Å². The molecule has 1 unspecified atom stereocenters. The maximum atomic E-state index is 13.9. The predicted molar refractivity (Wildman–Crippen MR) is 186 cm³/mol. The molecule has 1 atom stereocenters. The Kier molecular flexibility index (Phi) is 11.6. The van der Waals surface area contributed by atoms with Crippen LogP contribution in [0.15, 0.2) is 84.9 Å². The van der Waals surface area contributed by atoms with Gasteiger partial charge in [0.1, 0.15) is 6.04 Å². The molecule has 0 aliphatic heterocycles. The Morgan fingerprint density at radius 3 is 2.28 bits per heavy atom. The van der Waals surface area contributed by atoms with Crippen molar-refractivity contribution in [2.75, 3.05) is 5.32 Å². The van der Waals surface area contributed by atoms with Gasteiger partial charge in [-0.15, -0.1) is 11.3 Å². The minimum absolute atomic E-state index is 0.118. The highest BCUT2D eigenvalue weighted by molar-refractivity contribution is 7.20. The Labute approximate surface area is 289 Å². The summed E-state index contributed by atoms with van der Waals surface area (Å²) in [5.74, 6) is -2.99. The van der Waals surface area contributed by atoms with Gasteiger partial charge in [0.05, 0.1) is 10.2 Å². The molecule has 5 aromatic rings. The Morgan fingerprint density at radius 2 is 1.60 bits per heavy atom. The number of amides is 2. The molecule has 1 aromatic heterocycles. The number of aliphatic carboxylic acids is 1. The Morgan fingerprint density at radius 1 is 0.920 bits per heavy atom. The number of Topliss-reactive ketones (excluding diaryl/α,β-unsaturated/α-hetero) is 1. The molecule has 0 saturated heterocycles. The Bertz CT molecular complexity index is 2000. The number of carboxylic acid groups (broad SMARTS) is 1. The van der Waals surface area contributed by atoms with E-state index in [-0.39, 0.29) is 17.6 Å². The van der Waals surface area contributed by atoms with Crippen LogP contribution >= 0.6 is 11.3 Å². The lowest BCUT2D eigenvalue weighted by atomic mass is 9.86. The quantitative estimate of drug-likeness (QED) is 0.114. The second-order valence-electron chi connectivity index (χ2n) is 12.0. The first-order valence-electron chi connectivity index (χ1n) is 16.0. The summed E-state index contributed by atoms with van der Waals surface area (Å²) in [6.07, 6.45) is 0.958. The molecule has 0 radical (unpaired) electrons. The van der Waals surface area contributed by atoms with Crippen molar-refractivity contribution in [3.63, 3.8) is 0 Å². The molecule has 1 saturated carbocycles. The molecule has 1 aliphatic rings. The summed E-state index contributed by atoms with van der Waals surface area (Å²) in [6, 6.07) is 25.5. The maximum absolute atomic E-state index is 13.9. The van der Waals surface area contributed by atoms with Gasteiger partial charge >= 0.3 is 12.1 Å². The lowest BCUT2D eigenvalue weighted by Gasteiger charge is -2.23. The Hall–Kier alpha value is -5.14. The second kappa shape index (κ2) is 16.0. The summed E-state index contributed by atoms with van der Waals surface area (Å²) in [7, 11) is 0. The van der Waals surface area contributed by atoms with E-state index >= 15 is 0 Å². The largest absolute Gasteiger partial charge is 0.490 e. The van der Waals surface area contributed by atoms with Crippen LogP contribution in [0.5, 0.6) is 0 Å². The zero-order chi connectivity index (χ0) is 35.8. The minimum atomic E-state index is -5.08. The van der Waals surface area contributed by atoms with E-state index in [1.54, 1.807) is 12.1 Å². The summed E-state index contributed by atoms with van der Waals surface area (Å²) < 4.78 is 32.5. The van der Waals surface area contributed by atoms with Crippen molar-refractivity contribution >= 4 is 61.6 Å². The molecular formula is C37H35F3N4O5S. The van der Waals surface area contributed by atoms with Crippen LogP contribution in [0.3, 0.4) is 0 Å². The van der Waals surface area contributed by atoms with E-state index in [0.29, 0.717) is 46.2 Å². The van der Waals surface area contributed by atoms with Crippen LogP contribution in [0.4, 0.5) is 18.9 Å². The number of nitrogens with zero attached hydrogens (tertiary/aromatic N) is 1. The molecule has 13 heteroatoms. The van der Waals surface area contributed by atoms with Crippen molar-refractivity contribution in [2.24, 2.45) is 11.7 Å². The summed E-state index contributed by atoms with van der Waals surface area (Å²) in [5.41, 5.74) is 9.28. The Balaban J connectivity index is 0.000000630. The number of aromatic nitrogens is 1. The number of carbonyl (C=O) groups excluding carboxylic acids is 3. The van der Waals surface area contributed by atoms with Gasteiger partial charge in [0, 0.05) is 24.2 Å². The third kappa shape index (κ3) is 9.10. The number of alkyl halides is 3. The lowest BCUT2D eigenvalue weighted by Crippen LogP contribution is -2.35. The van der Waals surface area contributed by atoms with Crippen LogP contribution < -0.4 is 16.4 Å². The molecule has 260 valence electrons. The number of hydrogen-bond acceptors (Lipinski definition) is 7. The van der Waals surface area contributed by atoms with Crippen LogP contribution in [0, 0.1) is 5.92 Å². The predicted octanol–water partition coefficient (Wildman–Crippen LogP) is 7.80. The van der Waals surface area contributed by atoms with Gasteiger partial charge in [-0.1, -0.05) is 79.9 Å². The average molecular weight is 705 g/mol. The number of nitrogens with one attached hydrogen (secondary N) is 2. The smallest absolute Gasteiger partial charge is 0.475 e. The molecule has 4 aromatic carbocycles. The number of thiazole rings is 1. The number of nitrogens with two attached hydrogens (primary N) is 1. The van der Waals surface area contributed by atoms with Crippen molar-refractivity contribution in [1.29, 1.82) is 0 Å². The van der Waals surface area contributed by atoms with E-state index in [4.69, 9.17) is 15.6 Å². The molecule has 2 amide bonds. The minimum Gasteiger partial charge on any atom is -0.475 e. The highest BCUT2D eigenvalue weighted by atomic mass is 32.1. The number of halogens is 3. The van der Waals surface area contributed by atoms with Crippen molar-refractivity contribution in [1.82, 2.24) is 10.3 Å².